The molecule has 0 aliphatic heterocycles. The van der Waals surface area contributed by atoms with Crippen molar-refractivity contribution < 1.29 is 9.90 Å². The zero-order chi connectivity index (χ0) is 12.5. The normalized spacial score (nSPS) is 10.7. The first-order valence-electron chi connectivity index (χ1n) is 5.25. The predicted molar refractivity (Wildman–Crippen MR) is 63.6 cm³/mol. The molecule has 0 radical (unpaired) electrons. The third-order valence-corrected chi connectivity index (χ3v) is 2.61. The lowest BCUT2D eigenvalue weighted by Crippen LogP contribution is -1.99. The summed E-state index contributed by atoms with van der Waals surface area (Å²) in [6.45, 7) is 0. The van der Waals surface area contributed by atoms with E-state index in [1.807, 2.05) is 0 Å². The van der Waals surface area contributed by atoms with Crippen molar-refractivity contribution in [1.82, 2.24) is 20.0 Å². The number of pyridine rings is 1. The summed E-state index contributed by atoms with van der Waals surface area (Å²) in [5, 5.41) is 16.8. The molecule has 0 bridgehead atoms. The monoisotopic (exact) mass is 240 g/mol. The molecule has 3 aromatic rings. The largest absolute Gasteiger partial charge is 0.478 e. The second-order valence-electron chi connectivity index (χ2n) is 3.72. The lowest BCUT2D eigenvalue weighted by Gasteiger charge is -2.02. The van der Waals surface area contributed by atoms with Crippen molar-refractivity contribution in [1.29, 1.82) is 0 Å². The number of hydrogen-bond donors (Lipinski definition) is 1. The van der Waals surface area contributed by atoms with Gasteiger partial charge in [0.1, 0.15) is 5.52 Å². The Labute approximate surface area is 102 Å². The predicted octanol–water partition coefficient (Wildman–Crippen LogP) is 1.51. The number of carboxylic acids is 1. The van der Waals surface area contributed by atoms with Gasteiger partial charge in [0.25, 0.3) is 0 Å². The van der Waals surface area contributed by atoms with Gasteiger partial charge in [-0.15, -0.1) is 5.10 Å². The van der Waals surface area contributed by atoms with Crippen LogP contribution in [0, 0.1) is 0 Å². The van der Waals surface area contributed by atoms with Crippen molar-refractivity contribution in [2.24, 2.45) is 0 Å². The Kier molecular flexibility index (Phi) is 2.26. The second kappa shape index (κ2) is 3.92. The maximum absolute atomic E-state index is 10.8. The summed E-state index contributed by atoms with van der Waals surface area (Å²) >= 11 is 0. The zero-order valence-electron chi connectivity index (χ0n) is 9.19. The molecule has 0 fully saturated rings. The van der Waals surface area contributed by atoms with Crippen LogP contribution in [0.3, 0.4) is 0 Å². The first-order valence-corrected chi connectivity index (χ1v) is 5.25. The van der Waals surface area contributed by atoms with Gasteiger partial charge in [-0.25, -0.2) is 9.48 Å². The van der Waals surface area contributed by atoms with Crippen LogP contribution in [-0.4, -0.2) is 31.1 Å². The number of aromatic carboxylic acids is 1. The van der Waals surface area contributed by atoms with Gasteiger partial charge >= 0.3 is 5.97 Å². The SMILES string of the molecule is O=C(O)c1ccc(-n2nnc3cnccc32)cc1. The Morgan fingerprint density at radius 1 is 1.17 bits per heavy atom. The fourth-order valence-corrected chi connectivity index (χ4v) is 1.71. The zero-order valence-corrected chi connectivity index (χ0v) is 9.19. The molecule has 0 aliphatic rings. The topological polar surface area (TPSA) is 80.9 Å². The summed E-state index contributed by atoms with van der Waals surface area (Å²) in [7, 11) is 0. The Hall–Kier alpha value is -2.76. The highest BCUT2D eigenvalue weighted by atomic mass is 16.4. The number of carboxylic acid groups (broad SMARTS) is 1. The van der Waals surface area contributed by atoms with Gasteiger partial charge in [0.05, 0.1) is 23.0 Å². The molecule has 2 heterocycles. The van der Waals surface area contributed by atoms with Crippen LogP contribution in [0.4, 0.5) is 0 Å². The van der Waals surface area contributed by atoms with E-state index in [1.54, 1.807) is 35.3 Å². The molecule has 0 spiro atoms. The molecular weight excluding hydrogens is 232 g/mol. The molecule has 2 aromatic heterocycles. The van der Waals surface area contributed by atoms with E-state index >= 15 is 0 Å². The van der Waals surface area contributed by atoms with E-state index < -0.39 is 5.97 Å². The molecule has 0 saturated heterocycles. The number of hydrogen-bond acceptors (Lipinski definition) is 4. The first-order chi connectivity index (χ1) is 8.75. The van der Waals surface area contributed by atoms with Gasteiger partial charge in [-0.1, -0.05) is 5.21 Å². The molecule has 88 valence electrons. The minimum atomic E-state index is -0.950. The number of benzene rings is 1. The fraction of sp³-hybridized carbons (Fsp3) is 0. The van der Waals surface area contributed by atoms with Crippen LogP contribution < -0.4 is 0 Å². The van der Waals surface area contributed by atoms with Crippen LogP contribution in [0.15, 0.2) is 42.7 Å². The Morgan fingerprint density at radius 3 is 2.67 bits per heavy atom. The average molecular weight is 240 g/mol. The highest BCUT2D eigenvalue weighted by Gasteiger charge is 2.07. The second-order valence-corrected chi connectivity index (χ2v) is 3.72. The van der Waals surface area contributed by atoms with E-state index in [0.717, 1.165) is 11.2 Å². The first kappa shape index (κ1) is 10.4. The summed E-state index contributed by atoms with van der Waals surface area (Å²) in [5.74, 6) is -0.950. The van der Waals surface area contributed by atoms with Crippen molar-refractivity contribution in [3.05, 3.63) is 48.3 Å². The van der Waals surface area contributed by atoms with Crippen molar-refractivity contribution in [2.45, 2.75) is 0 Å². The Balaban J connectivity index is 2.12. The molecule has 0 atom stereocenters. The van der Waals surface area contributed by atoms with Gasteiger partial charge in [0.15, 0.2) is 0 Å². The minimum absolute atomic E-state index is 0.241. The Morgan fingerprint density at radius 2 is 1.94 bits per heavy atom. The molecule has 3 rings (SSSR count). The van der Waals surface area contributed by atoms with Crippen LogP contribution in [-0.2, 0) is 0 Å². The molecule has 0 amide bonds. The van der Waals surface area contributed by atoms with E-state index in [9.17, 15) is 4.79 Å². The van der Waals surface area contributed by atoms with Crippen molar-refractivity contribution >= 4 is 17.0 Å². The maximum Gasteiger partial charge on any atom is 0.335 e. The molecule has 0 unspecified atom stereocenters. The van der Waals surface area contributed by atoms with Crippen LogP contribution in [0.2, 0.25) is 0 Å². The maximum atomic E-state index is 10.8. The third-order valence-electron chi connectivity index (χ3n) is 2.61. The number of carbonyl (C=O) groups is 1. The molecule has 6 heteroatoms. The van der Waals surface area contributed by atoms with Gasteiger partial charge < -0.3 is 5.11 Å². The number of aromatic nitrogens is 4. The number of rotatable bonds is 2. The third kappa shape index (κ3) is 1.60. The van der Waals surface area contributed by atoms with Crippen LogP contribution in [0.1, 0.15) is 10.4 Å². The molecule has 1 aromatic carbocycles. The summed E-state index contributed by atoms with van der Waals surface area (Å²) in [6, 6.07) is 8.26. The quantitative estimate of drug-likeness (QED) is 0.734. The fourth-order valence-electron chi connectivity index (χ4n) is 1.71. The van der Waals surface area contributed by atoms with E-state index in [1.165, 1.54) is 12.1 Å². The van der Waals surface area contributed by atoms with Gasteiger partial charge in [0, 0.05) is 6.20 Å². The van der Waals surface area contributed by atoms with E-state index in [0.29, 0.717) is 5.52 Å². The molecule has 6 nitrogen and oxygen atoms in total. The van der Waals surface area contributed by atoms with Gasteiger partial charge in [-0.05, 0) is 30.3 Å². The molecular formula is C12H8N4O2. The van der Waals surface area contributed by atoms with Crippen LogP contribution in [0.5, 0.6) is 0 Å². The summed E-state index contributed by atoms with van der Waals surface area (Å²) in [6.07, 6.45) is 3.29. The highest BCUT2D eigenvalue weighted by molar-refractivity contribution is 5.87. The summed E-state index contributed by atoms with van der Waals surface area (Å²) in [4.78, 5) is 14.7. The smallest absolute Gasteiger partial charge is 0.335 e. The van der Waals surface area contributed by atoms with Crippen molar-refractivity contribution in [2.75, 3.05) is 0 Å². The van der Waals surface area contributed by atoms with E-state index in [4.69, 9.17) is 5.11 Å². The molecule has 0 aliphatic carbocycles. The van der Waals surface area contributed by atoms with E-state index in [-0.39, 0.29) is 5.56 Å². The van der Waals surface area contributed by atoms with Crippen molar-refractivity contribution in [3.8, 4) is 5.69 Å². The van der Waals surface area contributed by atoms with Crippen molar-refractivity contribution in [3.63, 3.8) is 0 Å². The van der Waals surface area contributed by atoms with Crippen LogP contribution in [0.25, 0.3) is 16.7 Å². The summed E-state index contributed by atoms with van der Waals surface area (Å²) in [5.41, 5.74) is 2.52. The number of nitrogens with zero attached hydrogens (tertiary/aromatic N) is 4. The lowest BCUT2D eigenvalue weighted by molar-refractivity contribution is 0.0697. The summed E-state index contributed by atoms with van der Waals surface area (Å²) < 4.78 is 1.64. The number of fused-ring (bicyclic) bond motifs is 1. The molecule has 0 saturated carbocycles. The van der Waals surface area contributed by atoms with Gasteiger partial charge in [-0.3, -0.25) is 4.98 Å². The van der Waals surface area contributed by atoms with Crippen LogP contribution >= 0.6 is 0 Å². The Bertz CT molecular complexity index is 718. The van der Waals surface area contributed by atoms with E-state index in [2.05, 4.69) is 15.3 Å². The lowest BCUT2D eigenvalue weighted by atomic mass is 10.2. The minimum Gasteiger partial charge on any atom is -0.478 e. The standard InChI is InChI=1S/C12H8N4O2/c17-12(18)8-1-3-9(4-2-8)16-11-5-6-13-7-10(11)14-15-16/h1-7H,(H,17,18). The average Bonchev–Trinajstić information content (AvgIpc) is 2.82. The molecule has 18 heavy (non-hydrogen) atoms. The van der Waals surface area contributed by atoms with Gasteiger partial charge in [0.2, 0.25) is 0 Å². The highest BCUT2D eigenvalue weighted by Crippen LogP contribution is 2.15. The molecule has 1 N–H and O–H groups in total. The van der Waals surface area contributed by atoms with Gasteiger partial charge in [-0.2, -0.15) is 0 Å².